The van der Waals surface area contributed by atoms with E-state index >= 15 is 0 Å². The van der Waals surface area contributed by atoms with Gasteiger partial charge in [-0.15, -0.1) is 0 Å². The van der Waals surface area contributed by atoms with E-state index in [2.05, 4.69) is 0 Å². The van der Waals surface area contributed by atoms with Crippen molar-refractivity contribution in [1.29, 1.82) is 0 Å². The SMILES string of the molecule is OC1(Cc2cc(Cl)ccc2F)CCCc2ccccc21. The molecule has 3 rings (SSSR count). The lowest BCUT2D eigenvalue weighted by Gasteiger charge is -2.34. The lowest BCUT2D eigenvalue weighted by molar-refractivity contribution is 0.0182. The van der Waals surface area contributed by atoms with Crippen LogP contribution in [0.25, 0.3) is 0 Å². The number of hydrogen-bond acceptors (Lipinski definition) is 1. The highest BCUT2D eigenvalue weighted by Crippen LogP contribution is 2.38. The van der Waals surface area contributed by atoms with Crippen LogP contribution in [0.4, 0.5) is 4.39 Å². The lowest BCUT2D eigenvalue weighted by Crippen LogP contribution is -2.33. The van der Waals surface area contributed by atoms with Crippen molar-refractivity contribution in [2.45, 2.75) is 31.3 Å². The normalized spacial score (nSPS) is 21.6. The third-order valence-corrected chi connectivity index (χ3v) is 4.28. The van der Waals surface area contributed by atoms with Gasteiger partial charge >= 0.3 is 0 Å². The molecule has 3 heteroatoms. The number of aryl methyl sites for hydroxylation is 1. The Morgan fingerprint density at radius 2 is 2.00 bits per heavy atom. The summed E-state index contributed by atoms with van der Waals surface area (Å²) in [7, 11) is 0. The van der Waals surface area contributed by atoms with Gasteiger partial charge in [0, 0.05) is 11.4 Å². The third kappa shape index (κ3) is 2.46. The number of halogens is 2. The van der Waals surface area contributed by atoms with Crippen molar-refractivity contribution in [3.8, 4) is 0 Å². The van der Waals surface area contributed by atoms with Crippen molar-refractivity contribution < 1.29 is 9.50 Å². The van der Waals surface area contributed by atoms with E-state index in [-0.39, 0.29) is 12.2 Å². The lowest BCUT2D eigenvalue weighted by atomic mass is 9.76. The Balaban J connectivity index is 2.00. The van der Waals surface area contributed by atoms with Crippen LogP contribution in [0.1, 0.15) is 29.5 Å². The third-order valence-electron chi connectivity index (χ3n) is 4.05. The number of hydrogen-bond donors (Lipinski definition) is 1. The first-order chi connectivity index (χ1) is 9.58. The molecule has 0 fully saturated rings. The van der Waals surface area contributed by atoms with Crippen LogP contribution in [0.3, 0.4) is 0 Å². The van der Waals surface area contributed by atoms with E-state index in [1.54, 1.807) is 6.07 Å². The molecule has 0 heterocycles. The van der Waals surface area contributed by atoms with Gasteiger partial charge in [0.05, 0.1) is 5.60 Å². The molecular weight excluding hydrogens is 275 g/mol. The summed E-state index contributed by atoms with van der Waals surface area (Å²) < 4.78 is 13.9. The smallest absolute Gasteiger partial charge is 0.126 e. The fraction of sp³-hybridized carbons (Fsp3) is 0.294. The van der Waals surface area contributed by atoms with Crippen LogP contribution in [-0.4, -0.2) is 5.11 Å². The molecule has 1 aliphatic rings. The topological polar surface area (TPSA) is 20.2 Å². The molecule has 20 heavy (non-hydrogen) atoms. The van der Waals surface area contributed by atoms with Crippen molar-refractivity contribution in [3.05, 3.63) is 70.0 Å². The predicted molar refractivity (Wildman–Crippen MR) is 78.4 cm³/mol. The van der Waals surface area contributed by atoms with Crippen LogP contribution in [0.5, 0.6) is 0 Å². The van der Waals surface area contributed by atoms with E-state index in [4.69, 9.17) is 11.6 Å². The van der Waals surface area contributed by atoms with Gasteiger partial charge in [-0.1, -0.05) is 35.9 Å². The molecule has 0 radical (unpaired) electrons. The predicted octanol–water partition coefficient (Wildman–Crippen LogP) is 4.25. The van der Waals surface area contributed by atoms with Gasteiger partial charge in [0.2, 0.25) is 0 Å². The zero-order valence-corrected chi connectivity index (χ0v) is 11.8. The van der Waals surface area contributed by atoms with E-state index in [9.17, 15) is 9.50 Å². The second kappa shape index (κ2) is 5.19. The maximum Gasteiger partial charge on any atom is 0.126 e. The van der Waals surface area contributed by atoms with E-state index < -0.39 is 5.60 Å². The average Bonchev–Trinajstić information content (AvgIpc) is 2.43. The minimum absolute atomic E-state index is 0.260. The summed E-state index contributed by atoms with van der Waals surface area (Å²) in [5.74, 6) is -0.314. The summed E-state index contributed by atoms with van der Waals surface area (Å²) >= 11 is 5.93. The zero-order chi connectivity index (χ0) is 14.2. The van der Waals surface area contributed by atoms with Gasteiger partial charge in [-0.3, -0.25) is 0 Å². The summed E-state index contributed by atoms with van der Waals surface area (Å²) in [5, 5.41) is 11.5. The first kappa shape index (κ1) is 13.6. The minimum atomic E-state index is -1.000. The number of fused-ring (bicyclic) bond motifs is 1. The standard InChI is InChI=1S/C17H16ClFO/c18-14-7-8-16(19)13(10-14)11-17(20)9-3-5-12-4-1-2-6-15(12)17/h1-2,4,6-8,10,20H,3,5,9,11H2. The van der Waals surface area contributed by atoms with Gasteiger partial charge in [-0.2, -0.15) is 0 Å². The largest absolute Gasteiger partial charge is 0.385 e. The van der Waals surface area contributed by atoms with Crippen molar-refractivity contribution in [3.63, 3.8) is 0 Å². The number of benzene rings is 2. The Labute approximate surface area is 123 Å². The van der Waals surface area contributed by atoms with Gasteiger partial charge in [0.1, 0.15) is 5.82 Å². The first-order valence-corrected chi connectivity index (χ1v) is 7.21. The average molecular weight is 291 g/mol. The Hall–Kier alpha value is -1.38. The Kier molecular flexibility index (Phi) is 3.53. The van der Waals surface area contributed by atoms with Crippen LogP contribution in [0.2, 0.25) is 5.02 Å². The molecule has 0 amide bonds. The van der Waals surface area contributed by atoms with Gasteiger partial charge in [-0.05, 0) is 54.2 Å². The van der Waals surface area contributed by atoms with E-state index in [0.717, 1.165) is 24.0 Å². The van der Waals surface area contributed by atoms with Gasteiger partial charge in [0.25, 0.3) is 0 Å². The monoisotopic (exact) mass is 290 g/mol. The molecule has 1 nitrogen and oxygen atoms in total. The zero-order valence-electron chi connectivity index (χ0n) is 11.1. The Morgan fingerprint density at radius 1 is 1.20 bits per heavy atom. The molecule has 0 saturated carbocycles. The molecule has 1 atom stereocenters. The van der Waals surface area contributed by atoms with Crippen LogP contribution in [0, 0.1) is 5.82 Å². The van der Waals surface area contributed by atoms with Gasteiger partial charge in [-0.25, -0.2) is 4.39 Å². The summed E-state index contributed by atoms with van der Waals surface area (Å²) in [6, 6.07) is 12.4. The summed E-state index contributed by atoms with van der Waals surface area (Å²) in [6.45, 7) is 0. The van der Waals surface area contributed by atoms with E-state index in [1.807, 2.05) is 24.3 Å². The molecule has 104 valence electrons. The van der Waals surface area contributed by atoms with Crippen LogP contribution in [0.15, 0.2) is 42.5 Å². The van der Waals surface area contributed by atoms with E-state index in [0.29, 0.717) is 17.0 Å². The molecule has 0 aliphatic heterocycles. The molecule has 1 N–H and O–H groups in total. The highest BCUT2D eigenvalue weighted by atomic mass is 35.5. The molecule has 0 aromatic heterocycles. The van der Waals surface area contributed by atoms with Crippen LogP contribution >= 0.6 is 11.6 Å². The molecule has 2 aromatic carbocycles. The van der Waals surface area contributed by atoms with Crippen molar-refractivity contribution in [1.82, 2.24) is 0 Å². The Bertz CT molecular complexity index is 641. The highest BCUT2D eigenvalue weighted by molar-refractivity contribution is 6.30. The van der Waals surface area contributed by atoms with Crippen LogP contribution < -0.4 is 0 Å². The maximum absolute atomic E-state index is 13.9. The summed E-state index contributed by atoms with van der Waals surface area (Å²) in [4.78, 5) is 0. The Morgan fingerprint density at radius 3 is 2.85 bits per heavy atom. The molecular formula is C17H16ClFO. The van der Waals surface area contributed by atoms with Crippen molar-refractivity contribution in [2.24, 2.45) is 0 Å². The molecule has 0 saturated heterocycles. The first-order valence-electron chi connectivity index (χ1n) is 6.83. The fourth-order valence-corrected chi connectivity index (χ4v) is 3.27. The van der Waals surface area contributed by atoms with Crippen LogP contribution in [-0.2, 0) is 18.4 Å². The molecule has 1 unspecified atom stereocenters. The highest BCUT2D eigenvalue weighted by Gasteiger charge is 2.34. The fourth-order valence-electron chi connectivity index (χ4n) is 3.08. The van der Waals surface area contributed by atoms with Gasteiger partial charge in [0.15, 0.2) is 0 Å². The maximum atomic E-state index is 13.9. The summed E-state index contributed by atoms with van der Waals surface area (Å²) in [5.41, 5.74) is 1.55. The number of aliphatic hydroxyl groups is 1. The quantitative estimate of drug-likeness (QED) is 0.877. The number of rotatable bonds is 2. The second-order valence-corrected chi connectivity index (χ2v) is 5.89. The second-order valence-electron chi connectivity index (χ2n) is 5.45. The van der Waals surface area contributed by atoms with Crippen molar-refractivity contribution in [2.75, 3.05) is 0 Å². The van der Waals surface area contributed by atoms with E-state index in [1.165, 1.54) is 12.1 Å². The van der Waals surface area contributed by atoms with Crippen molar-refractivity contribution >= 4 is 11.6 Å². The molecule has 1 aliphatic carbocycles. The summed E-state index contributed by atoms with van der Waals surface area (Å²) in [6.07, 6.45) is 2.79. The minimum Gasteiger partial charge on any atom is -0.385 e. The van der Waals surface area contributed by atoms with Gasteiger partial charge < -0.3 is 5.11 Å². The molecule has 0 spiro atoms. The molecule has 0 bridgehead atoms. The molecule has 2 aromatic rings.